The molecule has 0 bridgehead atoms. The number of amides is 1. The van der Waals surface area contributed by atoms with Crippen molar-refractivity contribution in [3.05, 3.63) is 18.0 Å². The van der Waals surface area contributed by atoms with E-state index < -0.39 is 0 Å². The van der Waals surface area contributed by atoms with Crippen LogP contribution in [0.5, 0.6) is 0 Å². The van der Waals surface area contributed by atoms with Gasteiger partial charge in [0.25, 0.3) is 5.91 Å². The molecule has 0 aromatic carbocycles. The first-order valence-corrected chi connectivity index (χ1v) is 3.65. The number of hydrogen-bond donors (Lipinski definition) is 3. The maximum Gasteiger partial charge on any atom is 0.269 e. The first-order valence-electron chi connectivity index (χ1n) is 3.65. The van der Waals surface area contributed by atoms with Gasteiger partial charge >= 0.3 is 0 Å². The molecule has 1 aromatic rings. The topological polar surface area (TPSA) is 78.0 Å². The number of aliphatic hydroxyl groups is 1. The predicted octanol–water partition coefficient (Wildman–Crippen LogP) is -0.480. The van der Waals surface area contributed by atoms with Crippen LogP contribution in [0.2, 0.25) is 0 Å². The molecule has 5 nitrogen and oxygen atoms in total. The Morgan fingerprint density at radius 2 is 2.67 bits per heavy atom. The summed E-state index contributed by atoms with van der Waals surface area (Å²) in [6, 6.07) is 1.33. The van der Waals surface area contributed by atoms with Crippen LogP contribution in [-0.4, -0.2) is 33.9 Å². The molecule has 1 rings (SSSR count). The molecule has 0 radical (unpaired) electrons. The van der Waals surface area contributed by atoms with Crippen LogP contribution in [0.3, 0.4) is 0 Å². The van der Waals surface area contributed by atoms with Crippen LogP contribution >= 0.6 is 0 Å². The molecule has 1 aromatic heterocycles. The summed E-state index contributed by atoms with van der Waals surface area (Å²) in [6.45, 7) is 1.65. The summed E-state index contributed by atoms with van der Waals surface area (Å²) in [5, 5.41) is 17.4. The van der Waals surface area contributed by atoms with Crippen LogP contribution < -0.4 is 5.32 Å². The minimum Gasteiger partial charge on any atom is -0.394 e. The Balaban J connectivity index is 2.50. The number of rotatable bonds is 3. The van der Waals surface area contributed by atoms with Gasteiger partial charge in [-0.3, -0.25) is 9.89 Å². The molecule has 0 spiro atoms. The number of carbonyl (C=O) groups excluding carboxylic acids is 1. The molecule has 0 aliphatic heterocycles. The van der Waals surface area contributed by atoms with Crippen LogP contribution in [0.25, 0.3) is 0 Å². The number of nitrogens with zero attached hydrogens (tertiary/aromatic N) is 1. The largest absolute Gasteiger partial charge is 0.394 e. The maximum absolute atomic E-state index is 11.2. The van der Waals surface area contributed by atoms with E-state index in [4.69, 9.17) is 5.11 Å². The lowest BCUT2D eigenvalue weighted by molar-refractivity contribution is 0.0917. The SMILES string of the molecule is C[C@@H](CO)NC(=O)c1ccn[nH]1. The van der Waals surface area contributed by atoms with Gasteiger partial charge in [-0.05, 0) is 13.0 Å². The van der Waals surface area contributed by atoms with E-state index in [1.54, 1.807) is 13.0 Å². The fraction of sp³-hybridized carbons (Fsp3) is 0.429. The molecule has 1 heterocycles. The first-order chi connectivity index (χ1) is 5.74. The second-order valence-corrected chi connectivity index (χ2v) is 2.53. The Hall–Kier alpha value is -1.36. The third-order valence-corrected chi connectivity index (χ3v) is 1.40. The number of hydrogen-bond acceptors (Lipinski definition) is 3. The van der Waals surface area contributed by atoms with Crippen molar-refractivity contribution in [2.45, 2.75) is 13.0 Å². The predicted molar refractivity (Wildman–Crippen MR) is 42.6 cm³/mol. The van der Waals surface area contributed by atoms with Crippen molar-refractivity contribution in [2.24, 2.45) is 0 Å². The number of aromatic amines is 1. The van der Waals surface area contributed by atoms with Crippen LogP contribution in [0.4, 0.5) is 0 Å². The molecule has 0 aliphatic carbocycles. The van der Waals surface area contributed by atoms with E-state index >= 15 is 0 Å². The van der Waals surface area contributed by atoms with Crippen molar-refractivity contribution in [2.75, 3.05) is 6.61 Å². The van der Waals surface area contributed by atoms with Gasteiger partial charge in [-0.25, -0.2) is 0 Å². The molecule has 12 heavy (non-hydrogen) atoms. The van der Waals surface area contributed by atoms with E-state index in [1.165, 1.54) is 6.20 Å². The molecule has 0 saturated carbocycles. The van der Waals surface area contributed by atoms with Crippen molar-refractivity contribution in [3.63, 3.8) is 0 Å². The quantitative estimate of drug-likeness (QED) is 0.572. The number of carbonyl (C=O) groups is 1. The minimum absolute atomic E-state index is 0.0696. The molecule has 3 N–H and O–H groups in total. The number of H-pyrrole nitrogens is 1. The van der Waals surface area contributed by atoms with E-state index in [0.717, 1.165) is 0 Å². The number of aromatic nitrogens is 2. The third-order valence-electron chi connectivity index (χ3n) is 1.40. The summed E-state index contributed by atoms with van der Waals surface area (Å²) in [7, 11) is 0. The van der Waals surface area contributed by atoms with Crippen molar-refractivity contribution < 1.29 is 9.90 Å². The highest BCUT2D eigenvalue weighted by molar-refractivity contribution is 5.92. The van der Waals surface area contributed by atoms with Gasteiger partial charge in [0.15, 0.2) is 0 Å². The van der Waals surface area contributed by atoms with Gasteiger partial charge in [-0.15, -0.1) is 0 Å². The van der Waals surface area contributed by atoms with Gasteiger partial charge in [0.2, 0.25) is 0 Å². The lowest BCUT2D eigenvalue weighted by Crippen LogP contribution is -2.35. The fourth-order valence-corrected chi connectivity index (χ4v) is 0.730. The highest BCUT2D eigenvalue weighted by Crippen LogP contribution is 1.91. The zero-order valence-electron chi connectivity index (χ0n) is 6.74. The molecule has 0 unspecified atom stereocenters. The summed E-state index contributed by atoms with van der Waals surface area (Å²) < 4.78 is 0. The van der Waals surface area contributed by atoms with Crippen LogP contribution in [0.1, 0.15) is 17.4 Å². The molecule has 1 atom stereocenters. The van der Waals surface area contributed by atoms with Crippen molar-refractivity contribution in [3.8, 4) is 0 Å². The molecule has 0 fully saturated rings. The lowest BCUT2D eigenvalue weighted by Gasteiger charge is -2.08. The average Bonchev–Trinajstić information content (AvgIpc) is 2.56. The van der Waals surface area contributed by atoms with Gasteiger partial charge in [-0.1, -0.05) is 0 Å². The standard InChI is InChI=1S/C7H11N3O2/c1-5(4-11)9-7(12)6-2-3-8-10-6/h2-3,5,11H,4H2,1H3,(H,8,10)(H,9,12)/t5-/m0/s1. The minimum atomic E-state index is -0.256. The molecule has 1 amide bonds. The lowest BCUT2D eigenvalue weighted by atomic mass is 10.3. The van der Waals surface area contributed by atoms with Gasteiger partial charge in [0, 0.05) is 12.2 Å². The zero-order chi connectivity index (χ0) is 8.97. The Kier molecular flexibility index (Phi) is 2.82. The maximum atomic E-state index is 11.2. The summed E-state index contributed by atoms with van der Waals surface area (Å²) in [5.41, 5.74) is 0.398. The van der Waals surface area contributed by atoms with Gasteiger partial charge < -0.3 is 10.4 Å². The van der Waals surface area contributed by atoms with Crippen LogP contribution in [0.15, 0.2) is 12.3 Å². The summed E-state index contributed by atoms with van der Waals surface area (Å²) in [5.74, 6) is -0.256. The second-order valence-electron chi connectivity index (χ2n) is 2.53. The smallest absolute Gasteiger partial charge is 0.269 e. The number of aliphatic hydroxyl groups excluding tert-OH is 1. The van der Waals surface area contributed by atoms with Gasteiger partial charge in [-0.2, -0.15) is 5.10 Å². The highest BCUT2D eigenvalue weighted by Gasteiger charge is 2.08. The third kappa shape index (κ3) is 2.06. The first kappa shape index (κ1) is 8.73. The molecule has 0 saturated heterocycles. The summed E-state index contributed by atoms with van der Waals surface area (Å²) in [4.78, 5) is 11.2. The van der Waals surface area contributed by atoms with Gasteiger partial charge in [0.05, 0.1) is 6.61 Å². The monoisotopic (exact) mass is 169 g/mol. The van der Waals surface area contributed by atoms with Crippen molar-refractivity contribution in [1.29, 1.82) is 0 Å². The van der Waals surface area contributed by atoms with E-state index in [-0.39, 0.29) is 18.6 Å². The number of nitrogens with one attached hydrogen (secondary N) is 2. The van der Waals surface area contributed by atoms with E-state index in [2.05, 4.69) is 15.5 Å². The summed E-state index contributed by atoms with van der Waals surface area (Å²) in [6.07, 6.45) is 1.50. The van der Waals surface area contributed by atoms with Crippen LogP contribution in [0, 0.1) is 0 Å². The Labute approximate surface area is 69.8 Å². The Morgan fingerprint density at radius 3 is 3.17 bits per heavy atom. The molecular formula is C7H11N3O2. The Morgan fingerprint density at radius 1 is 1.92 bits per heavy atom. The highest BCUT2D eigenvalue weighted by atomic mass is 16.3. The van der Waals surface area contributed by atoms with E-state index in [1.807, 2.05) is 0 Å². The normalized spacial score (nSPS) is 12.5. The van der Waals surface area contributed by atoms with E-state index in [9.17, 15) is 4.79 Å². The fourth-order valence-electron chi connectivity index (χ4n) is 0.730. The second kappa shape index (κ2) is 3.87. The summed E-state index contributed by atoms with van der Waals surface area (Å²) >= 11 is 0. The van der Waals surface area contributed by atoms with Crippen LogP contribution in [-0.2, 0) is 0 Å². The Bertz CT molecular complexity index is 245. The molecular weight excluding hydrogens is 158 g/mol. The zero-order valence-corrected chi connectivity index (χ0v) is 6.74. The van der Waals surface area contributed by atoms with E-state index in [0.29, 0.717) is 5.69 Å². The molecule has 66 valence electrons. The molecule has 5 heteroatoms. The average molecular weight is 169 g/mol. The van der Waals surface area contributed by atoms with Gasteiger partial charge in [0.1, 0.15) is 5.69 Å². The van der Waals surface area contributed by atoms with Crippen molar-refractivity contribution in [1.82, 2.24) is 15.5 Å². The molecule has 0 aliphatic rings. The van der Waals surface area contributed by atoms with Crippen molar-refractivity contribution >= 4 is 5.91 Å².